The van der Waals surface area contributed by atoms with Crippen molar-refractivity contribution in [2.75, 3.05) is 0 Å². The zero-order valence-electron chi connectivity index (χ0n) is 13.8. The zero-order chi connectivity index (χ0) is 16.7. The van der Waals surface area contributed by atoms with Crippen molar-refractivity contribution in [3.8, 4) is 0 Å². The number of hydrogen-bond acceptors (Lipinski definition) is 1. The first kappa shape index (κ1) is 17.0. The van der Waals surface area contributed by atoms with E-state index in [0.717, 1.165) is 23.1 Å². The summed E-state index contributed by atoms with van der Waals surface area (Å²) < 4.78 is 0. The smallest absolute Gasteiger partial charge is 0.134 e. The van der Waals surface area contributed by atoms with E-state index < -0.39 is 5.41 Å². The summed E-state index contributed by atoms with van der Waals surface area (Å²) in [5.41, 5.74) is 2.79. The fraction of sp³-hybridized carbons (Fsp3) is 0.227. The highest BCUT2D eigenvalue weighted by atomic mass is 16.1. The quantitative estimate of drug-likeness (QED) is 0.582. The Kier molecular flexibility index (Phi) is 5.70. The van der Waals surface area contributed by atoms with E-state index in [9.17, 15) is 4.79 Å². The van der Waals surface area contributed by atoms with Crippen molar-refractivity contribution in [2.24, 2.45) is 0 Å². The van der Waals surface area contributed by atoms with Crippen LogP contribution in [0.4, 0.5) is 0 Å². The largest absolute Gasteiger partial charge is 0.300 e. The molecule has 23 heavy (non-hydrogen) atoms. The second kappa shape index (κ2) is 7.73. The van der Waals surface area contributed by atoms with Crippen LogP contribution in [0.25, 0.3) is 5.57 Å². The van der Waals surface area contributed by atoms with Gasteiger partial charge >= 0.3 is 0 Å². The maximum atomic E-state index is 12.4. The Morgan fingerprint density at radius 1 is 1.04 bits per heavy atom. The molecule has 0 radical (unpaired) electrons. The highest BCUT2D eigenvalue weighted by molar-refractivity contribution is 5.85. The van der Waals surface area contributed by atoms with E-state index >= 15 is 0 Å². The molecule has 0 saturated heterocycles. The van der Waals surface area contributed by atoms with Gasteiger partial charge in [0.15, 0.2) is 0 Å². The third-order valence-electron chi connectivity index (χ3n) is 4.38. The molecule has 0 amide bonds. The van der Waals surface area contributed by atoms with Gasteiger partial charge in [-0.25, -0.2) is 0 Å². The molecule has 0 fully saturated rings. The van der Waals surface area contributed by atoms with Crippen LogP contribution < -0.4 is 0 Å². The minimum Gasteiger partial charge on any atom is -0.300 e. The SMILES string of the molecule is C=CCCC(=O)C[C@](C)(C(=C)c1ccccc1)c1ccccc1. The van der Waals surface area contributed by atoms with Gasteiger partial charge in [-0.3, -0.25) is 4.79 Å². The standard InChI is InChI=1S/C22H24O/c1-4-5-16-21(23)17-22(3,20-14-10-7-11-15-20)18(2)19-12-8-6-9-13-19/h4,6-15H,1-2,5,16-17H2,3H3/t22-/m1/s1. The monoisotopic (exact) mass is 304 g/mol. The lowest BCUT2D eigenvalue weighted by Gasteiger charge is -2.32. The number of rotatable bonds is 8. The second-order valence-corrected chi connectivity index (χ2v) is 6.09. The van der Waals surface area contributed by atoms with Crippen LogP contribution in [0.3, 0.4) is 0 Å². The third kappa shape index (κ3) is 4.07. The lowest BCUT2D eigenvalue weighted by Crippen LogP contribution is -2.27. The molecule has 2 aromatic rings. The van der Waals surface area contributed by atoms with Gasteiger partial charge in [0.05, 0.1) is 0 Å². The van der Waals surface area contributed by atoms with Crippen molar-refractivity contribution >= 4 is 11.4 Å². The van der Waals surface area contributed by atoms with Gasteiger partial charge in [-0.2, -0.15) is 0 Å². The van der Waals surface area contributed by atoms with Gasteiger partial charge in [0.25, 0.3) is 0 Å². The Morgan fingerprint density at radius 3 is 2.17 bits per heavy atom. The van der Waals surface area contributed by atoms with Crippen molar-refractivity contribution in [2.45, 2.75) is 31.6 Å². The molecular weight excluding hydrogens is 280 g/mol. The summed E-state index contributed by atoms with van der Waals surface area (Å²) in [6, 6.07) is 20.3. The molecule has 0 aliphatic rings. The summed E-state index contributed by atoms with van der Waals surface area (Å²) in [4.78, 5) is 12.4. The van der Waals surface area contributed by atoms with E-state index in [-0.39, 0.29) is 5.78 Å². The molecule has 1 atom stereocenters. The second-order valence-electron chi connectivity index (χ2n) is 6.09. The molecule has 0 saturated carbocycles. The minimum atomic E-state index is -0.402. The van der Waals surface area contributed by atoms with Crippen LogP contribution in [0.2, 0.25) is 0 Å². The molecule has 0 aromatic heterocycles. The van der Waals surface area contributed by atoms with Gasteiger partial charge in [0.2, 0.25) is 0 Å². The van der Waals surface area contributed by atoms with E-state index in [4.69, 9.17) is 0 Å². The first-order valence-electron chi connectivity index (χ1n) is 8.01. The highest BCUT2D eigenvalue weighted by Crippen LogP contribution is 2.40. The van der Waals surface area contributed by atoms with E-state index in [1.165, 1.54) is 0 Å². The average molecular weight is 304 g/mol. The number of hydrogen-bond donors (Lipinski definition) is 0. The number of benzene rings is 2. The molecule has 0 bridgehead atoms. The number of Topliss-reactive ketones (excluding diaryl/α,β-unsaturated/α-hetero) is 1. The van der Waals surface area contributed by atoms with Gasteiger partial charge in [-0.05, 0) is 23.1 Å². The fourth-order valence-corrected chi connectivity index (χ4v) is 2.89. The van der Waals surface area contributed by atoms with Gasteiger partial charge in [-0.1, -0.05) is 80.2 Å². The van der Waals surface area contributed by atoms with Crippen LogP contribution in [-0.4, -0.2) is 5.78 Å². The van der Waals surface area contributed by atoms with Crippen molar-refractivity contribution in [3.63, 3.8) is 0 Å². The normalized spacial score (nSPS) is 13.1. The zero-order valence-corrected chi connectivity index (χ0v) is 13.8. The Bertz CT molecular complexity index is 670. The van der Waals surface area contributed by atoms with E-state index in [1.807, 2.05) is 36.4 Å². The van der Waals surface area contributed by atoms with Gasteiger partial charge < -0.3 is 0 Å². The van der Waals surface area contributed by atoms with E-state index in [0.29, 0.717) is 12.8 Å². The third-order valence-corrected chi connectivity index (χ3v) is 4.38. The topological polar surface area (TPSA) is 17.1 Å². The number of carbonyl (C=O) groups is 1. The lowest BCUT2D eigenvalue weighted by atomic mass is 9.70. The van der Waals surface area contributed by atoms with E-state index in [2.05, 4.69) is 44.3 Å². The summed E-state index contributed by atoms with van der Waals surface area (Å²) >= 11 is 0. The van der Waals surface area contributed by atoms with Crippen molar-refractivity contribution in [3.05, 3.63) is 91.0 Å². The molecular formula is C22H24O. The average Bonchev–Trinajstić information content (AvgIpc) is 2.60. The Balaban J connectivity index is 2.37. The maximum absolute atomic E-state index is 12.4. The van der Waals surface area contributed by atoms with Gasteiger partial charge in [0.1, 0.15) is 5.78 Å². The Morgan fingerprint density at radius 2 is 1.61 bits per heavy atom. The predicted molar refractivity (Wildman–Crippen MR) is 98.3 cm³/mol. The molecule has 0 unspecified atom stereocenters. The lowest BCUT2D eigenvalue weighted by molar-refractivity contribution is -0.119. The van der Waals surface area contributed by atoms with Crippen LogP contribution in [0, 0.1) is 0 Å². The number of ketones is 1. The Hall–Kier alpha value is -2.41. The summed E-state index contributed by atoms with van der Waals surface area (Å²) in [6.07, 6.45) is 3.51. The number of carbonyl (C=O) groups excluding carboxylic acids is 1. The molecule has 0 spiro atoms. The van der Waals surface area contributed by atoms with E-state index in [1.54, 1.807) is 6.08 Å². The molecule has 2 aromatic carbocycles. The number of allylic oxidation sites excluding steroid dienone is 2. The molecule has 0 aliphatic carbocycles. The summed E-state index contributed by atoms with van der Waals surface area (Å²) in [7, 11) is 0. The van der Waals surface area contributed by atoms with Gasteiger partial charge in [0, 0.05) is 18.3 Å². The summed E-state index contributed by atoms with van der Waals surface area (Å²) in [6.45, 7) is 10.1. The maximum Gasteiger partial charge on any atom is 0.134 e. The summed E-state index contributed by atoms with van der Waals surface area (Å²) in [5.74, 6) is 0.244. The van der Waals surface area contributed by atoms with Crippen LogP contribution in [-0.2, 0) is 10.2 Å². The van der Waals surface area contributed by atoms with Crippen LogP contribution in [0.5, 0.6) is 0 Å². The fourth-order valence-electron chi connectivity index (χ4n) is 2.89. The molecule has 1 heteroatoms. The molecule has 0 heterocycles. The molecule has 118 valence electrons. The van der Waals surface area contributed by atoms with Crippen molar-refractivity contribution in [1.82, 2.24) is 0 Å². The van der Waals surface area contributed by atoms with Crippen LogP contribution >= 0.6 is 0 Å². The minimum absolute atomic E-state index is 0.244. The Labute approximate surface area is 139 Å². The van der Waals surface area contributed by atoms with Crippen molar-refractivity contribution < 1.29 is 4.79 Å². The predicted octanol–water partition coefficient (Wildman–Crippen LogP) is 5.58. The highest BCUT2D eigenvalue weighted by Gasteiger charge is 2.32. The van der Waals surface area contributed by atoms with Crippen LogP contribution in [0.1, 0.15) is 37.3 Å². The molecule has 0 aliphatic heterocycles. The van der Waals surface area contributed by atoms with Gasteiger partial charge in [-0.15, -0.1) is 6.58 Å². The summed E-state index contributed by atoms with van der Waals surface area (Å²) in [5, 5.41) is 0. The first-order valence-corrected chi connectivity index (χ1v) is 8.01. The molecule has 0 N–H and O–H groups in total. The first-order chi connectivity index (χ1) is 11.1. The molecule has 2 rings (SSSR count). The van der Waals surface area contributed by atoms with Crippen LogP contribution in [0.15, 0.2) is 79.9 Å². The molecule has 1 nitrogen and oxygen atoms in total. The van der Waals surface area contributed by atoms with Crippen molar-refractivity contribution in [1.29, 1.82) is 0 Å².